The molecule has 2 N–H and O–H groups in total. The monoisotopic (exact) mass is 369 g/mol. The van der Waals surface area contributed by atoms with E-state index in [4.69, 9.17) is 5.73 Å². The molecular weight excluding hydrogens is 353 g/mol. The number of nitro benzene ring substituents is 1. The van der Waals surface area contributed by atoms with Crippen molar-refractivity contribution in [1.82, 2.24) is 4.31 Å². The summed E-state index contributed by atoms with van der Waals surface area (Å²) in [5.41, 5.74) is 4.99. The summed E-state index contributed by atoms with van der Waals surface area (Å²) in [6.07, 6.45) is 0.972. The summed E-state index contributed by atoms with van der Waals surface area (Å²) in [7, 11) is -2.94. The van der Waals surface area contributed by atoms with Crippen LogP contribution in [0.25, 0.3) is 0 Å². The van der Waals surface area contributed by atoms with Crippen LogP contribution >= 0.6 is 12.4 Å². The number of ether oxygens (including phenoxy) is 1. The van der Waals surface area contributed by atoms with Crippen LogP contribution in [0, 0.1) is 15.9 Å². The van der Waals surface area contributed by atoms with Crippen molar-refractivity contribution in [2.75, 3.05) is 20.2 Å². The maximum atomic E-state index is 13.9. The van der Waals surface area contributed by atoms with Gasteiger partial charge >= 0.3 is 5.69 Å². The van der Waals surface area contributed by atoms with E-state index in [9.17, 15) is 22.9 Å². The Hall–Kier alpha value is -1.49. The fourth-order valence-corrected chi connectivity index (χ4v) is 3.81. The number of benzene rings is 1. The van der Waals surface area contributed by atoms with Crippen molar-refractivity contribution < 1.29 is 22.5 Å². The SMILES string of the molecule is COc1c(F)cc(S(=O)(=O)N2CCC(N)CC2)cc1[N+](=O)[O-].Cl. The Morgan fingerprint density at radius 3 is 2.43 bits per heavy atom. The first-order valence-electron chi connectivity index (χ1n) is 6.55. The second-order valence-corrected chi connectivity index (χ2v) is 6.89. The molecule has 0 aliphatic carbocycles. The molecule has 0 spiro atoms. The Bertz CT molecular complexity index is 692. The zero-order valence-corrected chi connectivity index (χ0v) is 13.9. The number of nitrogens with two attached hydrogens (primary N) is 1. The molecule has 130 valence electrons. The molecule has 0 aromatic heterocycles. The average molecular weight is 370 g/mol. The van der Waals surface area contributed by atoms with E-state index in [1.165, 1.54) is 0 Å². The van der Waals surface area contributed by atoms with Gasteiger partial charge in [0.25, 0.3) is 0 Å². The number of rotatable bonds is 4. The van der Waals surface area contributed by atoms with Crippen LogP contribution in [0.2, 0.25) is 0 Å². The molecule has 2 rings (SSSR count). The van der Waals surface area contributed by atoms with Gasteiger partial charge < -0.3 is 10.5 Å². The quantitative estimate of drug-likeness (QED) is 0.631. The lowest BCUT2D eigenvalue weighted by Gasteiger charge is -2.29. The van der Waals surface area contributed by atoms with Crippen LogP contribution in [0.5, 0.6) is 5.75 Å². The first-order chi connectivity index (χ1) is 10.3. The van der Waals surface area contributed by atoms with Gasteiger partial charge in [0, 0.05) is 25.2 Å². The Balaban J connectivity index is 0.00000264. The van der Waals surface area contributed by atoms with Crippen LogP contribution in [0.1, 0.15) is 12.8 Å². The zero-order chi connectivity index (χ0) is 16.5. The summed E-state index contributed by atoms with van der Waals surface area (Å²) in [4.78, 5) is 9.62. The largest absolute Gasteiger partial charge is 0.488 e. The van der Waals surface area contributed by atoms with Crippen LogP contribution in [0.4, 0.5) is 10.1 Å². The second kappa shape index (κ2) is 7.39. The van der Waals surface area contributed by atoms with E-state index in [0.29, 0.717) is 12.8 Å². The van der Waals surface area contributed by atoms with Crippen molar-refractivity contribution in [2.45, 2.75) is 23.8 Å². The van der Waals surface area contributed by atoms with Gasteiger partial charge in [0.05, 0.1) is 16.9 Å². The number of sulfonamides is 1. The topological polar surface area (TPSA) is 116 Å². The van der Waals surface area contributed by atoms with Crippen molar-refractivity contribution in [2.24, 2.45) is 5.73 Å². The number of methoxy groups -OCH3 is 1. The van der Waals surface area contributed by atoms with E-state index in [-0.39, 0.29) is 31.5 Å². The third-order valence-electron chi connectivity index (χ3n) is 3.53. The first kappa shape index (κ1) is 19.6. The molecule has 0 saturated carbocycles. The van der Waals surface area contributed by atoms with E-state index < -0.39 is 37.1 Å². The highest BCUT2D eigenvalue weighted by Crippen LogP contribution is 2.34. The van der Waals surface area contributed by atoms with Gasteiger partial charge in [-0.05, 0) is 18.9 Å². The molecule has 8 nitrogen and oxygen atoms in total. The van der Waals surface area contributed by atoms with Gasteiger partial charge in [-0.3, -0.25) is 10.1 Å². The molecule has 0 unspecified atom stereocenters. The zero-order valence-electron chi connectivity index (χ0n) is 12.3. The van der Waals surface area contributed by atoms with E-state index in [0.717, 1.165) is 23.5 Å². The van der Waals surface area contributed by atoms with Crippen molar-refractivity contribution in [1.29, 1.82) is 0 Å². The van der Waals surface area contributed by atoms with Gasteiger partial charge in [-0.15, -0.1) is 12.4 Å². The molecule has 1 aromatic rings. The smallest absolute Gasteiger partial charge is 0.315 e. The molecule has 1 aliphatic rings. The normalized spacial score (nSPS) is 16.7. The van der Waals surface area contributed by atoms with Crippen molar-refractivity contribution in [3.63, 3.8) is 0 Å². The second-order valence-electron chi connectivity index (χ2n) is 4.96. The summed E-state index contributed by atoms with van der Waals surface area (Å²) >= 11 is 0. The van der Waals surface area contributed by atoms with Crippen LogP contribution < -0.4 is 10.5 Å². The van der Waals surface area contributed by atoms with Gasteiger partial charge in [-0.1, -0.05) is 0 Å². The fourth-order valence-electron chi connectivity index (χ4n) is 2.31. The van der Waals surface area contributed by atoms with Crippen LogP contribution in [0.15, 0.2) is 17.0 Å². The average Bonchev–Trinajstić information content (AvgIpc) is 2.46. The van der Waals surface area contributed by atoms with Crippen LogP contribution in [0.3, 0.4) is 0 Å². The molecule has 0 amide bonds. The molecule has 1 aliphatic heterocycles. The molecule has 1 saturated heterocycles. The minimum Gasteiger partial charge on any atom is -0.488 e. The van der Waals surface area contributed by atoms with E-state index in [1.807, 2.05) is 0 Å². The summed E-state index contributed by atoms with van der Waals surface area (Å²) in [5.74, 6) is -1.69. The van der Waals surface area contributed by atoms with Gasteiger partial charge in [-0.25, -0.2) is 12.8 Å². The molecule has 23 heavy (non-hydrogen) atoms. The van der Waals surface area contributed by atoms with Gasteiger partial charge in [-0.2, -0.15) is 4.31 Å². The minimum atomic E-state index is -4.01. The Kier molecular flexibility index (Phi) is 6.28. The van der Waals surface area contributed by atoms with Crippen molar-refractivity contribution in [3.8, 4) is 5.75 Å². The highest BCUT2D eigenvalue weighted by atomic mass is 35.5. The lowest BCUT2D eigenvalue weighted by molar-refractivity contribution is -0.386. The lowest BCUT2D eigenvalue weighted by Crippen LogP contribution is -2.42. The van der Waals surface area contributed by atoms with Gasteiger partial charge in [0.1, 0.15) is 0 Å². The summed E-state index contributed by atoms with van der Waals surface area (Å²) in [5, 5.41) is 11.0. The van der Waals surface area contributed by atoms with E-state index in [1.54, 1.807) is 0 Å². The third-order valence-corrected chi connectivity index (χ3v) is 5.41. The van der Waals surface area contributed by atoms with Crippen molar-refractivity contribution >= 4 is 28.1 Å². The van der Waals surface area contributed by atoms with Gasteiger partial charge in [0.2, 0.25) is 15.8 Å². The Labute approximate surface area is 139 Å². The van der Waals surface area contributed by atoms with Crippen LogP contribution in [-0.2, 0) is 10.0 Å². The fraction of sp³-hybridized carbons (Fsp3) is 0.500. The molecule has 1 aromatic carbocycles. The van der Waals surface area contributed by atoms with E-state index in [2.05, 4.69) is 4.74 Å². The highest BCUT2D eigenvalue weighted by molar-refractivity contribution is 7.89. The lowest BCUT2D eigenvalue weighted by atomic mass is 10.1. The maximum absolute atomic E-state index is 13.9. The molecule has 1 fully saturated rings. The predicted molar refractivity (Wildman–Crippen MR) is 82.8 cm³/mol. The summed E-state index contributed by atoms with van der Waals surface area (Å²) in [6.45, 7) is 0.399. The third kappa shape index (κ3) is 3.89. The van der Waals surface area contributed by atoms with Crippen LogP contribution in [-0.4, -0.2) is 43.9 Å². The maximum Gasteiger partial charge on any atom is 0.315 e. The Morgan fingerprint density at radius 1 is 1.39 bits per heavy atom. The standard InChI is InChI=1S/C12H16FN3O5S.ClH/c1-21-12-10(13)6-9(7-11(12)16(17)18)22(19,20)15-4-2-8(14)3-5-15;/h6-8H,2-5,14H2,1H3;1H. The summed E-state index contributed by atoms with van der Waals surface area (Å²) < 4.78 is 44.6. The molecule has 0 radical (unpaired) electrons. The highest BCUT2D eigenvalue weighted by Gasteiger charge is 2.32. The van der Waals surface area contributed by atoms with Gasteiger partial charge in [0.15, 0.2) is 5.82 Å². The number of hydrogen-bond acceptors (Lipinski definition) is 6. The Morgan fingerprint density at radius 2 is 1.96 bits per heavy atom. The predicted octanol–water partition coefficient (Wildman–Crippen LogP) is 1.28. The molecule has 0 bridgehead atoms. The molecule has 11 heteroatoms. The first-order valence-corrected chi connectivity index (χ1v) is 7.99. The number of piperidine rings is 1. The van der Waals surface area contributed by atoms with Crippen molar-refractivity contribution in [3.05, 3.63) is 28.1 Å². The number of nitrogens with zero attached hydrogens (tertiary/aromatic N) is 2. The summed E-state index contributed by atoms with van der Waals surface area (Å²) in [6, 6.07) is 1.47. The number of halogens is 2. The number of hydrogen-bond donors (Lipinski definition) is 1. The molecular formula is C12H17ClFN3O5S. The minimum absolute atomic E-state index is 0. The molecule has 0 atom stereocenters. The molecule has 1 heterocycles. The van der Waals surface area contributed by atoms with E-state index >= 15 is 0 Å². The number of nitro groups is 1.